The summed E-state index contributed by atoms with van der Waals surface area (Å²) in [6.45, 7) is -0.0477. The van der Waals surface area contributed by atoms with Crippen molar-refractivity contribution in [2.24, 2.45) is 0 Å². The van der Waals surface area contributed by atoms with Gasteiger partial charge in [-0.3, -0.25) is 4.79 Å². The zero-order valence-electron chi connectivity index (χ0n) is 17.6. The second kappa shape index (κ2) is 7.90. The Morgan fingerprint density at radius 2 is 1.54 bits per heavy atom. The van der Waals surface area contributed by atoms with Crippen LogP contribution in [0.4, 0.5) is 35.1 Å². The molecule has 0 aromatic heterocycles. The first kappa shape index (κ1) is 25.4. The zero-order valence-corrected chi connectivity index (χ0v) is 18.4. The molecule has 0 N–H and O–H groups in total. The fraction of sp³-hybridized carbons (Fsp3) is 0.409. The average molecular weight is 527 g/mol. The van der Waals surface area contributed by atoms with Gasteiger partial charge in [-0.1, -0.05) is 18.2 Å². The van der Waals surface area contributed by atoms with E-state index in [1.165, 1.54) is 4.90 Å². The fourth-order valence-electron chi connectivity index (χ4n) is 5.22. The lowest BCUT2D eigenvalue weighted by Crippen LogP contribution is -2.52. The molecule has 35 heavy (non-hydrogen) atoms. The molecule has 1 aliphatic carbocycles. The number of hydrogen-bond acceptors (Lipinski definition) is 3. The number of alkyl halides is 7. The van der Waals surface area contributed by atoms with Crippen LogP contribution >= 0.6 is 0 Å². The summed E-state index contributed by atoms with van der Waals surface area (Å²) in [7, 11) is -4.44. The normalized spacial score (nSPS) is 23.1. The van der Waals surface area contributed by atoms with E-state index >= 15 is 0 Å². The van der Waals surface area contributed by atoms with Gasteiger partial charge < -0.3 is 4.90 Å². The number of carbonyl (C=O) groups is 1. The second-order valence-corrected chi connectivity index (χ2v) is 10.7. The molecule has 2 aliphatic rings. The van der Waals surface area contributed by atoms with Crippen molar-refractivity contribution in [3.05, 3.63) is 65.0 Å². The molecule has 0 saturated carbocycles. The van der Waals surface area contributed by atoms with Crippen molar-refractivity contribution in [1.82, 2.24) is 4.90 Å². The van der Waals surface area contributed by atoms with Gasteiger partial charge in [-0.15, -0.1) is 0 Å². The largest absolute Gasteiger partial charge is 0.435 e. The van der Waals surface area contributed by atoms with Gasteiger partial charge in [-0.25, -0.2) is 17.2 Å². The first-order valence-electron chi connectivity index (χ1n) is 10.3. The molecule has 13 heteroatoms. The van der Waals surface area contributed by atoms with Crippen molar-refractivity contribution < 1.29 is 48.3 Å². The van der Waals surface area contributed by atoms with E-state index in [0.717, 1.165) is 30.3 Å². The minimum absolute atomic E-state index is 0.0477. The van der Waals surface area contributed by atoms with Gasteiger partial charge >= 0.3 is 18.0 Å². The first-order chi connectivity index (χ1) is 16.1. The van der Waals surface area contributed by atoms with E-state index < -0.39 is 50.0 Å². The van der Waals surface area contributed by atoms with Crippen LogP contribution in [0, 0.1) is 5.82 Å². The van der Waals surface area contributed by atoms with Crippen LogP contribution in [0.3, 0.4) is 0 Å². The van der Waals surface area contributed by atoms with Gasteiger partial charge in [-0.2, -0.15) is 26.3 Å². The Morgan fingerprint density at radius 3 is 2.09 bits per heavy atom. The lowest BCUT2D eigenvalue weighted by atomic mass is 9.77. The summed E-state index contributed by atoms with van der Waals surface area (Å²) in [4.78, 5) is 12.5. The Morgan fingerprint density at radius 1 is 0.943 bits per heavy atom. The van der Waals surface area contributed by atoms with E-state index in [0.29, 0.717) is 12.5 Å². The standard InChI is InChI=1S/C22H17F8NO3S/c23-15-3-5-16(6-4-15)35(33,34)19-9-10-31(12-32)18(19)8-1-13-11-14(2-7-17(13)19)20(24,21(25,26)27)22(28,29)30/h2-7,11-12,18H,1,8-10H2/t18-,19-/m1/s1. The van der Waals surface area contributed by atoms with E-state index in [4.69, 9.17) is 0 Å². The van der Waals surface area contributed by atoms with Crippen LogP contribution in [-0.4, -0.2) is 44.7 Å². The summed E-state index contributed by atoms with van der Waals surface area (Å²) in [6, 6.07) is 4.23. The van der Waals surface area contributed by atoms with E-state index in [2.05, 4.69) is 0 Å². The third kappa shape index (κ3) is 3.45. The Kier molecular flexibility index (Phi) is 5.73. The number of fused-ring (bicyclic) bond motifs is 3. The summed E-state index contributed by atoms with van der Waals surface area (Å²) in [5, 5.41) is 0. The van der Waals surface area contributed by atoms with Crippen molar-refractivity contribution >= 4 is 16.2 Å². The molecule has 4 nitrogen and oxygen atoms in total. The number of carbonyl (C=O) groups excluding carboxylic acids is 1. The Hall–Kier alpha value is -2.70. The highest BCUT2D eigenvalue weighted by atomic mass is 32.2. The van der Waals surface area contributed by atoms with E-state index in [9.17, 15) is 48.3 Å². The van der Waals surface area contributed by atoms with Crippen LogP contribution in [0.15, 0.2) is 47.4 Å². The summed E-state index contributed by atoms with van der Waals surface area (Å²) in [5.74, 6) is -0.730. The highest BCUT2D eigenvalue weighted by Gasteiger charge is 2.73. The molecular formula is C22H17F8NO3S. The van der Waals surface area contributed by atoms with Crippen LogP contribution in [0.1, 0.15) is 29.5 Å². The highest BCUT2D eigenvalue weighted by molar-refractivity contribution is 7.92. The van der Waals surface area contributed by atoms with Crippen molar-refractivity contribution in [2.45, 2.75) is 53.0 Å². The van der Waals surface area contributed by atoms with E-state index in [-0.39, 0.29) is 47.9 Å². The predicted molar refractivity (Wildman–Crippen MR) is 106 cm³/mol. The SMILES string of the molecule is O=CN1CC[C@@]2(S(=O)(=O)c3ccc(F)cc3)c3ccc(C(F)(C(F)(F)F)C(F)(F)F)cc3CC[C@@H]12. The number of nitrogens with zero attached hydrogens (tertiary/aromatic N) is 1. The fourth-order valence-corrected chi connectivity index (χ4v) is 7.59. The van der Waals surface area contributed by atoms with Crippen LogP contribution in [0.25, 0.3) is 0 Å². The maximum Gasteiger partial charge on any atom is 0.435 e. The third-order valence-electron chi connectivity index (χ3n) is 6.85. The molecule has 0 unspecified atom stereocenters. The smallest absolute Gasteiger partial charge is 0.340 e. The molecular weight excluding hydrogens is 510 g/mol. The van der Waals surface area contributed by atoms with E-state index in [1.807, 2.05) is 0 Å². The molecule has 190 valence electrons. The maximum atomic E-state index is 14.7. The predicted octanol–water partition coefficient (Wildman–Crippen LogP) is 4.96. The number of hydrogen-bond donors (Lipinski definition) is 0. The maximum absolute atomic E-state index is 14.7. The van der Waals surface area contributed by atoms with E-state index in [1.54, 1.807) is 0 Å². The minimum Gasteiger partial charge on any atom is -0.340 e. The Balaban J connectivity index is 1.96. The zero-order chi connectivity index (χ0) is 26.0. The molecule has 0 spiro atoms. The number of amides is 1. The van der Waals surface area contributed by atoms with Gasteiger partial charge in [0.05, 0.1) is 10.9 Å². The van der Waals surface area contributed by atoms with Crippen LogP contribution in [0.5, 0.6) is 0 Å². The van der Waals surface area contributed by atoms with Gasteiger partial charge in [0, 0.05) is 12.1 Å². The molecule has 4 rings (SSSR count). The van der Waals surface area contributed by atoms with Gasteiger partial charge in [0.2, 0.25) is 6.41 Å². The summed E-state index contributed by atoms with van der Waals surface area (Å²) < 4.78 is 134. The first-order valence-corrected chi connectivity index (χ1v) is 11.8. The molecule has 1 amide bonds. The quantitative estimate of drug-likeness (QED) is 0.321. The molecule has 1 fully saturated rings. The molecule has 0 radical (unpaired) electrons. The number of rotatable bonds is 4. The van der Waals surface area contributed by atoms with Crippen molar-refractivity contribution in [3.63, 3.8) is 0 Å². The lowest BCUT2D eigenvalue weighted by Gasteiger charge is -2.42. The van der Waals surface area contributed by atoms with Gasteiger partial charge in [0.15, 0.2) is 9.84 Å². The molecule has 2 atom stereocenters. The molecule has 1 heterocycles. The number of likely N-dealkylation sites (tertiary alicyclic amines) is 1. The lowest BCUT2D eigenvalue weighted by molar-refractivity contribution is -0.348. The third-order valence-corrected chi connectivity index (χ3v) is 9.39. The van der Waals surface area contributed by atoms with Gasteiger partial charge in [-0.05, 0) is 54.7 Å². The minimum atomic E-state index is -6.32. The van der Waals surface area contributed by atoms with Gasteiger partial charge in [0.1, 0.15) is 10.6 Å². The topological polar surface area (TPSA) is 54.5 Å². The van der Waals surface area contributed by atoms with Crippen LogP contribution in [0.2, 0.25) is 0 Å². The van der Waals surface area contributed by atoms with Crippen molar-refractivity contribution in [3.8, 4) is 0 Å². The molecule has 1 aliphatic heterocycles. The molecule has 0 bridgehead atoms. The second-order valence-electron chi connectivity index (χ2n) is 8.52. The summed E-state index contributed by atoms with van der Waals surface area (Å²) in [6.07, 6.45) is -12.7. The van der Waals surface area contributed by atoms with Crippen LogP contribution < -0.4 is 0 Å². The molecule has 1 saturated heterocycles. The highest BCUT2D eigenvalue weighted by Crippen LogP contribution is 2.56. The van der Waals surface area contributed by atoms with Crippen LogP contribution in [-0.2, 0) is 31.5 Å². The van der Waals surface area contributed by atoms with Crippen molar-refractivity contribution in [1.29, 1.82) is 0 Å². The molecule has 2 aromatic rings. The number of sulfone groups is 1. The van der Waals surface area contributed by atoms with Gasteiger partial charge in [0.25, 0.3) is 0 Å². The Labute approximate surface area is 194 Å². The Bertz CT molecular complexity index is 1240. The number of halogens is 8. The number of benzene rings is 2. The summed E-state index contributed by atoms with van der Waals surface area (Å²) in [5.41, 5.74) is -7.70. The summed E-state index contributed by atoms with van der Waals surface area (Å²) >= 11 is 0. The molecule has 2 aromatic carbocycles. The van der Waals surface area contributed by atoms with Crippen molar-refractivity contribution in [2.75, 3.05) is 6.54 Å². The average Bonchev–Trinajstić information content (AvgIpc) is 3.17. The monoisotopic (exact) mass is 527 g/mol. The number of aryl methyl sites for hydroxylation is 1.